The van der Waals surface area contributed by atoms with Crippen molar-refractivity contribution in [3.8, 4) is 11.5 Å². The van der Waals surface area contributed by atoms with Crippen LogP contribution in [0.25, 0.3) is 0 Å². The fourth-order valence-electron chi connectivity index (χ4n) is 2.54. The highest BCUT2D eigenvalue weighted by molar-refractivity contribution is 6.01. The zero-order chi connectivity index (χ0) is 18.5. The number of para-hydroxylation sites is 3. The smallest absolute Gasteiger partial charge is 0.273 e. The van der Waals surface area contributed by atoms with E-state index in [4.69, 9.17) is 4.74 Å². The number of benzene rings is 2. The number of hydrogen-bond acceptors (Lipinski definition) is 5. The van der Waals surface area contributed by atoms with E-state index in [1.165, 1.54) is 17.0 Å². The van der Waals surface area contributed by atoms with E-state index in [0.717, 1.165) is 0 Å². The second-order valence-electron chi connectivity index (χ2n) is 5.57. The molecule has 0 saturated carbocycles. The number of carbonyl (C=O) groups is 3. The lowest BCUT2D eigenvalue weighted by Gasteiger charge is -2.21. The van der Waals surface area contributed by atoms with Crippen molar-refractivity contribution in [3.05, 3.63) is 54.1 Å². The summed E-state index contributed by atoms with van der Waals surface area (Å²) < 4.78 is 5.51. The number of rotatable bonds is 3. The van der Waals surface area contributed by atoms with Gasteiger partial charge in [-0.05, 0) is 24.3 Å². The predicted molar refractivity (Wildman–Crippen MR) is 92.6 cm³/mol. The minimum absolute atomic E-state index is 0.0254. The first-order chi connectivity index (χ1) is 12.6. The molecule has 2 aromatic carbocycles. The van der Waals surface area contributed by atoms with Crippen LogP contribution in [0, 0.1) is 0 Å². The van der Waals surface area contributed by atoms with Gasteiger partial charge in [-0.2, -0.15) is 0 Å². The average molecular weight is 355 g/mol. The van der Waals surface area contributed by atoms with E-state index in [9.17, 15) is 19.5 Å². The van der Waals surface area contributed by atoms with Crippen LogP contribution in [-0.4, -0.2) is 36.0 Å². The Balaban J connectivity index is 1.65. The molecule has 26 heavy (non-hydrogen) atoms. The Morgan fingerprint density at radius 1 is 1.08 bits per heavy atom. The van der Waals surface area contributed by atoms with Crippen molar-refractivity contribution in [2.24, 2.45) is 0 Å². The molecule has 3 N–H and O–H groups in total. The van der Waals surface area contributed by atoms with Crippen molar-refractivity contribution >= 4 is 23.4 Å². The molecule has 3 rings (SSSR count). The Labute approximate surface area is 149 Å². The number of hydrogen-bond donors (Lipinski definition) is 3. The van der Waals surface area contributed by atoms with Gasteiger partial charge in [-0.15, -0.1) is 0 Å². The Kier molecular flexibility index (Phi) is 5.02. The van der Waals surface area contributed by atoms with E-state index in [-0.39, 0.29) is 36.8 Å². The molecule has 0 aromatic heterocycles. The number of phenolic OH excluding ortho intramolecular Hbond substituents is 1. The van der Waals surface area contributed by atoms with Gasteiger partial charge in [0, 0.05) is 0 Å². The summed E-state index contributed by atoms with van der Waals surface area (Å²) in [6.07, 6.45) is 0.145. The second-order valence-corrected chi connectivity index (χ2v) is 5.57. The van der Waals surface area contributed by atoms with Gasteiger partial charge in [0.15, 0.2) is 0 Å². The summed E-state index contributed by atoms with van der Waals surface area (Å²) in [7, 11) is 0. The molecule has 0 spiro atoms. The van der Waals surface area contributed by atoms with E-state index in [0.29, 0.717) is 11.4 Å². The number of carbonyl (C=O) groups excluding carboxylic acids is 3. The van der Waals surface area contributed by atoms with Crippen molar-refractivity contribution < 1.29 is 24.2 Å². The second kappa shape index (κ2) is 7.56. The third-order valence-corrected chi connectivity index (χ3v) is 3.80. The molecule has 3 amide bonds. The molecule has 0 bridgehead atoms. The summed E-state index contributed by atoms with van der Waals surface area (Å²) in [6.45, 7) is -0.0434. The molecule has 1 heterocycles. The number of ether oxygens (including phenoxy) is 1. The van der Waals surface area contributed by atoms with E-state index >= 15 is 0 Å². The van der Waals surface area contributed by atoms with Gasteiger partial charge < -0.3 is 9.84 Å². The molecule has 8 heteroatoms. The lowest BCUT2D eigenvalue weighted by molar-refractivity contribution is -0.124. The number of amides is 3. The topological polar surface area (TPSA) is 108 Å². The highest BCUT2D eigenvalue weighted by Gasteiger charge is 2.25. The van der Waals surface area contributed by atoms with Gasteiger partial charge in [0.25, 0.3) is 11.8 Å². The maximum atomic E-state index is 12.3. The number of fused-ring (bicyclic) bond motifs is 1. The first kappa shape index (κ1) is 17.3. The molecule has 0 aliphatic carbocycles. The van der Waals surface area contributed by atoms with Gasteiger partial charge >= 0.3 is 0 Å². The van der Waals surface area contributed by atoms with E-state index in [2.05, 4.69) is 10.9 Å². The largest absolute Gasteiger partial charge is 0.507 e. The first-order valence-electron chi connectivity index (χ1n) is 7.95. The fourth-order valence-corrected chi connectivity index (χ4v) is 2.54. The Hall–Kier alpha value is -3.55. The molecular weight excluding hydrogens is 338 g/mol. The molecule has 0 atom stereocenters. The molecule has 1 aliphatic heterocycles. The number of nitrogens with one attached hydrogen (secondary N) is 2. The quantitative estimate of drug-likeness (QED) is 0.711. The zero-order valence-corrected chi connectivity index (χ0v) is 13.8. The van der Waals surface area contributed by atoms with Crippen LogP contribution in [0.3, 0.4) is 0 Å². The van der Waals surface area contributed by atoms with Crippen LogP contribution in [0.4, 0.5) is 5.69 Å². The third-order valence-electron chi connectivity index (χ3n) is 3.80. The molecule has 0 fully saturated rings. The predicted octanol–water partition coefficient (Wildman–Crippen LogP) is 0.969. The molecule has 134 valence electrons. The van der Waals surface area contributed by atoms with Crippen LogP contribution in [-0.2, 0) is 9.59 Å². The normalized spacial score (nSPS) is 13.2. The number of phenols is 1. The van der Waals surface area contributed by atoms with Gasteiger partial charge in [-0.3, -0.25) is 30.1 Å². The van der Waals surface area contributed by atoms with Gasteiger partial charge in [-0.25, -0.2) is 0 Å². The molecule has 0 saturated heterocycles. The standard InChI is InChI=1S/C18H17N3O5/c22-14-7-3-1-5-12(14)18(25)20-19-16(23)11-21-13-6-2-4-8-15(13)26-10-9-17(21)24/h1-8,22H,9-11H2,(H,19,23)(H,20,25). The van der Waals surface area contributed by atoms with Crippen molar-refractivity contribution in [2.45, 2.75) is 6.42 Å². The van der Waals surface area contributed by atoms with Crippen molar-refractivity contribution in [2.75, 3.05) is 18.1 Å². The molecule has 2 aromatic rings. The van der Waals surface area contributed by atoms with Gasteiger partial charge in [0.2, 0.25) is 5.91 Å². The highest BCUT2D eigenvalue weighted by Crippen LogP contribution is 2.30. The van der Waals surface area contributed by atoms with Gasteiger partial charge in [0.05, 0.1) is 24.3 Å². The van der Waals surface area contributed by atoms with Crippen molar-refractivity contribution in [1.29, 1.82) is 0 Å². The minimum Gasteiger partial charge on any atom is -0.507 e. The van der Waals surface area contributed by atoms with Crippen molar-refractivity contribution in [1.82, 2.24) is 10.9 Å². The number of hydrazine groups is 1. The van der Waals surface area contributed by atoms with Crippen LogP contribution in [0.5, 0.6) is 11.5 Å². The average Bonchev–Trinajstić information content (AvgIpc) is 2.79. The number of anilines is 1. The van der Waals surface area contributed by atoms with E-state index < -0.39 is 11.8 Å². The monoisotopic (exact) mass is 355 g/mol. The molecule has 8 nitrogen and oxygen atoms in total. The summed E-state index contributed by atoms with van der Waals surface area (Å²) in [5.41, 5.74) is 4.98. The van der Waals surface area contributed by atoms with Crippen molar-refractivity contribution in [3.63, 3.8) is 0 Å². The Morgan fingerprint density at radius 2 is 1.81 bits per heavy atom. The molecular formula is C18H17N3O5. The summed E-state index contributed by atoms with van der Waals surface area (Å²) in [5.74, 6) is -1.18. The Morgan fingerprint density at radius 3 is 2.62 bits per heavy atom. The number of aromatic hydroxyl groups is 1. The SMILES string of the molecule is O=C(CN1C(=O)CCOc2ccccc21)NNC(=O)c1ccccc1O. The fraction of sp³-hybridized carbons (Fsp3) is 0.167. The van der Waals surface area contributed by atoms with Crippen LogP contribution in [0.1, 0.15) is 16.8 Å². The van der Waals surface area contributed by atoms with Crippen LogP contribution in [0.2, 0.25) is 0 Å². The summed E-state index contributed by atoms with van der Waals surface area (Å²) in [6, 6.07) is 12.9. The van der Waals surface area contributed by atoms with Crippen LogP contribution < -0.4 is 20.5 Å². The van der Waals surface area contributed by atoms with Crippen LogP contribution >= 0.6 is 0 Å². The lowest BCUT2D eigenvalue weighted by atomic mass is 10.2. The molecule has 0 radical (unpaired) electrons. The summed E-state index contributed by atoms with van der Waals surface area (Å²) in [5, 5.41) is 9.64. The number of nitrogens with zero attached hydrogens (tertiary/aromatic N) is 1. The first-order valence-corrected chi connectivity index (χ1v) is 7.95. The molecule has 1 aliphatic rings. The maximum absolute atomic E-state index is 12.3. The minimum atomic E-state index is -0.664. The molecule has 0 unspecified atom stereocenters. The Bertz CT molecular complexity index is 852. The van der Waals surface area contributed by atoms with E-state index in [1.54, 1.807) is 36.4 Å². The van der Waals surface area contributed by atoms with Crippen LogP contribution in [0.15, 0.2) is 48.5 Å². The van der Waals surface area contributed by atoms with E-state index in [1.807, 2.05) is 0 Å². The van der Waals surface area contributed by atoms with Gasteiger partial charge in [0.1, 0.15) is 18.0 Å². The highest BCUT2D eigenvalue weighted by atomic mass is 16.5. The lowest BCUT2D eigenvalue weighted by Crippen LogP contribution is -2.47. The third kappa shape index (κ3) is 3.75. The maximum Gasteiger partial charge on any atom is 0.273 e. The zero-order valence-electron chi connectivity index (χ0n) is 13.8. The summed E-state index contributed by atoms with van der Waals surface area (Å²) >= 11 is 0. The van der Waals surface area contributed by atoms with Gasteiger partial charge in [-0.1, -0.05) is 24.3 Å². The summed E-state index contributed by atoms with van der Waals surface area (Å²) in [4.78, 5) is 37.7.